The zero-order chi connectivity index (χ0) is 20.6. The molecule has 0 unspecified atom stereocenters. The average Bonchev–Trinajstić information content (AvgIpc) is 2.63. The Kier molecular flexibility index (Phi) is 7.74. The minimum atomic E-state index is -0.734. The molecule has 150 valence electrons. The van der Waals surface area contributed by atoms with Crippen LogP contribution >= 0.6 is 11.8 Å². The summed E-state index contributed by atoms with van der Waals surface area (Å²) in [6.07, 6.45) is 6.53. The van der Waals surface area contributed by atoms with E-state index in [9.17, 15) is 9.59 Å². The van der Waals surface area contributed by atoms with Crippen LogP contribution in [0.25, 0.3) is 11.0 Å². The summed E-state index contributed by atoms with van der Waals surface area (Å²) in [7, 11) is 0. The quantitative estimate of drug-likeness (QED) is 0.544. The van der Waals surface area contributed by atoms with E-state index in [1.807, 2.05) is 24.5 Å². The summed E-state index contributed by atoms with van der Waals surface area (Å²) in [6.45, 7) is 5.30. The van der Waals surface area contributed by atoms with Gasteiger partial charge in [-0.2, -0.15) is 16.9 Å². The van der Waals surface area contributed by atoms with Gasteiger partial charge in [-0.25, -0.2) is 10.2 Å². The molecule has 8 nitrogen and oxygen atoms in total. The molecule has 2 N–H and O–H groups in total. The molecule has 1 heterocycles. The number of amides is 2. The Bertz CT molecular complexity index is 851. The topological polar surface area (TPSA) is 106 Å². The van der Waals surface area contributed by atoms with Crippen molar-refractivity contribution in [3.63, 3.8) is 0 Å². The first kappa shape index (κ1) is 21.6. The van der Waals surface area contributed by atoms with E-state index in [0.29, 0.717) is 12.2 Å². The highest BCUT2D eigenvalue weighted by Gasteiger charge is 2.23. The van der Waals surface area contributed by atoms with Crippen LogP contribution in [0.2, 0.25) is 0 Å². The molecule has 0 fully saturated rings. The fraction of sp³-hybridized carbons (Fsp3) is 0.421. The number of thioether (sulfide) groups is 1. The minimum Gasteiger partial charge on any atom is -0.444 e. The van der Waals surface area contributed by atoms with Crippen LogP contribution in [0.15, 0.2) is 35.7 Å². The van der Waals surface area contributed by atoms with E-state index in [-0.39, 0.29) is 0 Å². The molecule has 1 aromatic heterocycles. The number of rotatable bonds is 7. The summed E-state index contributed by atoms with van der Waals surface area (Å²) in [5.41, 5.74) is 4.12. The number of nitrogens with zero attached hydrogens (tertiary/aromatic N) is 3. The monoisotopic (exact) mass is 403 g/mol. The van der Waals surface area contributed by atoms with Crippen molar-refractivity contribution in [2.24, 2.45) is 5.10 Å². The lowest BCUT2D eigenvalue weighted by Gasteiger charge is -2.22. The molecule has 28 heavy (non-hydrogen) atoms. The third kappa shape index (κ3) is 7.15. The Morgan fingerprint density at radius 3 is 2.64 bits per heavy atom. The maximum atomic E-state index is 12.4. The van der Waals surface area contributed by atoms with Crippen LogP contribution in [0.3, 0.4) is 0 Å². The largest absolute Gasteiger partial charge is 0.444 e. The average molecular weight is 404 g/mol. The van der Waals surface area contributed by atoms with Crippen LogP contribution < -0.4 is 10.7 Å². The maximum Gasteiger partial charge on any atom is 0.408 e. The van der Waals surface area contributed by atoms with Gasteiger partial charge in [0.1, 0.15) is 11.6 Å². The number of alkyl carbamates (subject to hydrolysis) is 1. The summed E-state index contributed by atoms with van der Waals surface area (Å²) in [5.74, 6) is 0.303. The Hall–Kier alpha value is -2.68. The van der Waals surface area contributed by atoms with Gasteiger partial charge in [0, 0.05) is 12.4 Å². The zero-order valence-corrected chi connectivity index (χ0v) is 17.2. The summed E-state index contributed by atoms with van der Waals surface area (Å²) >= 11 is 1.59. The van der Waals surface area contributed by atoms with Crippen molar-refractivity contribution in [3.8, 4) is 0 Å². The second-order valence-electron chi connectivity index (χ2n) is 7.02. The van der Waals surface area contributed by atoms with Gasteiger partial charge in [0.2, 0.25) is 0 Å². The van der Waals surface area contributed by atoms with E-state index in [2.05, 4.69) is 25.8 Å². The van der Waals surface area contributed by atoms with Gasteiger partial charge < -0.3 is 10.1 Å². The smallest absolute Gasteiger partial charge is 0.408 e. The van der Waals surface area contributed by atoms with Crippen molar-refractivity contribution >= 4 is 41.0 Å². The molecule has 0 aliphatic heterocycles. The Morgan fingerprint density at radius 1 is 1.25 bits per heavy atom. The third-order valence-corrected chi connectivity index (χ3v) is 4.14. The molecule has 9 heteroatoms. The number of carbonyl (C=O) groups excluding carboxylic acids is 2. The summed E-state index contributed by atoms with van der Waals surface area (Å²) in [6, 6.07) is 4.75. The van der Waals surface area contributed by atoms with Crippen molar-refractivity contribution < 1.29 is 14.3 Å². The molecule has 1 aromatic carbocycles. The fourth-order valence-corrected chi connectivity index (χ4v) is 2.73. The highest BCUT2D eigenvalue weighted by molar-refractivity contribution is 7.98. The van der Waals surface area contributed by atoms with Gasteiger partial charge in [0.05, 0.1) is 17.2 Å². The normalized spacial score (nSPS) is 12.7. The van der Waals surface area contributed by atoms with Crippen LogP contribution in [-0.2, 0) is 9.53 Å². The Morgan fingerprint density at radius 2 is 1.96 bits per heavy atom. The van der Waals surface area contributed by atoms with E-state index < -0.39 is 23.6 Å². The van der Waals surface area contributed by atoms with Gasteiger partial charge in [-0.05, 0) is 56.9 Å². The predicted molar refractivity (Wildman–Crippen MR) is 111 cm³/mol. The number of benzene rings is 1. The van der Waals surface area contributed by atoms with Crippen LogP contribution in [0.1, 0.15) is 32.8 Å². The number of hydrogen-bond acceptors (Lipinski definition) is 7. The van der Waals surface area contributed by atoms with Crippen molar-refractivity contribution in [2.75, 3.05) is 12.0 Å². The minimum absolute atomic E-state index is 0.406. The van der Waals surface area contributed by atoms with Crippen molar-refractivity contribution in [1.29, 1.82) is 0 Å². The molecule has 2 aromatic rings. The summed E-state index contributed by atoms with van der Waals surface area (Å²) in [4.78, 5) is 32.8. The van der Waals surface area contributed by atoms with Crippen LogP contribution in [0.5, 0.6) is 0 Å². The van der Waals surface area contributed by atoms with Gasteiger partial charge in [0.25, 0.3) is 5.91 Å². The van der Waals surface area contributed by atoms with Gasteiger partial charge in [-0.3, -0.25) is 14.8 Å². The Labute approximate surface area is 168 Å². The van der Waals surface area contributed by atoms with E-state index in [1.54, 1.807) is 44.9 Å². The van der Waals surface area contributed by atoms with E-state index >= 15 is 0 Å². The molecule has 0 spiro atoms. The van der Waals surface area contributed by atoms with E-state index in [1.165, 1.54) is 6.21 Å². The van der Waals surface area contributed by atoms with E-state index in [0.717, 1.165) is 16.6 Å². The van der Waals surface area contributed by atoms with E-state index in [4.69, 9.17) is 4.74 Å². The lowest BCUT2D eigenvalue weighted by molar-refractivity contribution is -0.123. The molecule has 2 amide bonds. The van der Waals surface area contributed by atoms with Gasteiger partial charge >= 0.3 is 6.09 Å². The summed E-state index contributed by atoms with van der Waals surface area (Å²) < 4.78 is 5.22. The molecule has 1 atom stereocenters. The van der Waals surface area contributed by atoms with Crippen LogP contribution in [0.4, 0.5) is 4.79 Å². The number of ether oxygens (including phenoxy) is 1. The first-order valence-electron chi connectivity index (χ1n) is 8.80. The lowest BCUT2D eigenvalue weighted by Crippen LogP contribution is -2.47. The second-order valence-corrected chi connectivity index (χ2v) is 8.00. The van der Waals surface area contributed by atoms with Gasteiger partial charge in [0.15, 0.2) is 0 Å². The molecule has 0 aliphatic rings. The van der Waals surface area contributed by atoms with Gasteiger partial charge in [-0.15, -0.1) is 0 Å². The Balaban J connectivity index is 1.98. The molecular formula is C19H25N5O3S. The highest BCUT2D eigenvalue weighted by atomic mass is 32.2. The van der Waals surface area contributed by atoms with Crippen LogP contribution in [-0.4, -0.2) is 51.8 Å². The molecule has 0 aliphatic carbocycles. The number of carbonyl (C=O) groups is 2. The van der Waals surface area contributed by atoms with Crippen molar-refractivity contribution in [1.82, 2.24) is 20.7 Å². The first-order valence-corrected chi connectivity index (χ1v) is 10.2. The number of nitrogens with one attached hydrogen (secondary N) is 2. The van der Waals surface area contributed by atoms with Crippen molar-refractivity contribution in [2.45, 2.75) is 38.8 Å². The standard InChI is InChI=1S/C19H25N5O3S/c1-19(2,3)27-18(26)23-15(7-10-28-4)17(25)24-22-12-13-5-6-14-16(11-13)21-9-8-20-14/h5-6,8-9,11-12,15H,7,10H2,1-4H3,(H,23,26)(H,24,25)/b22-12-/t15-/m0/s1. The lowest BCUT2D eigenvalue weighted by atomic mass is 10.2. The predicted octanol–water partition coefficient (Wildman–Crippen LogP) is 2.73. The molecule has 0 saturated carbocycles. The summed E-state index contributed by atoms with van der Waals surface area (Å²) in [5, 5.41) is 6.59. The fourth-order valence-electron chi connectivity index (χ4n) is 2.26. The third-order valence-electron chi connectivity index (χ3n) is 3.50. The highest BCUT2D eigenvalue weighted by Crippen LogP contribution is 2.10. The molecule has 0 saturated heterocycles. The molecule has 2 rings (SSSR count). The molecule has 0 radical (unpaired) electrons. The number of fused-ring (bicyclic) bond motifs is 1. The zero-order valence-electron chi connectivity index (χ0n) is 16.4. The number of hydrazone groups is 1. The number of aromatic nitrogens is 2. The number of hydrogen-bond donors (Lipinski definition) is 2. The molecular weight excluding hydrogens is 378 g/mol. The maximum absolute atomic E-state index is 12.4. The van der Waals surface area contributed by atoms with Gasteiger partial charge in [-0.1, -0.05) is 6.07 Å². The van der Waals surface area contributed by atoms with Crippen molar-refractivity contribution in [3.05, 3.63) is 36.2 Å². The molecule has 0 bridgehead atoms. The SMILES string of the molecule is CSCC[C@H](NC(=O)OC(C)(C)C)C(=O)N/N=C\c1ccc2nccnc2c1. The second kappa shape index (κ2) is 10.0. The van der Waals surface area contributed by atoms with Crippen LogP contribution in [0, 0.1) is 0 Å². The first-order chi connectivity index (χ1) is 13.3.